The molecular formula is C19H26N4O. The molecule has 0 fully saturated rings. The Morgan fingerprint density at radius 3 is 2.38 bits per heavy atom. The highest BCUT2D eigenvalue weighted by Gasteiger charge is 2.07. The van der Waals surface area contributed by atoms with Gasteiger partial charge in [-0.1, -0.05) is 45.7 Å². The number of carbonyl (C=O) groups is 1. The summed E-state index contributed by atoms with van der Waals surface area (Å²) in [6.07, 6.45) is 3.24. The van der Waals surface area contributed by atoms with Crippen LogP contribution in [0.3, 0.4) is 0 Å². The zero-order valence-electron chi connectivity index (χ0n) is 14.7. The van der Waals surface area contributed by atoms with Crippen molar-refractivity contribution in [2.75, 3.05) is 11.9 Å². The maximum atomic E-state index is 11.9. The van der Waals surface area contributed by atoms with E-state index in [-0.39, 0.29) is 5.91 Å². The molecule has 1 aromatic heterocycles. The number of benzene rings is 1. The number of nitrogens with zero attached hydrogens (tertiary/aromatic N) is 2. The number of aromatic nitrogens is 2. The Kier molecular flexibility index (Phi) is 6.73. The van der Waals surface area contributed by atoms with Gasteiger partial charge >= 0.3 is 0 Å². The van der Waals surface area contributed by atoms with Crippen molar-refractivity contribution >= 4 is 17.4 Å². The van der Waals surface area contributed by atoms with Gasteiger partial charge in [-0.3, -0.25) is 4.79 Å². The first-order valence-corrected chi connectivity index (χ1v) is 8.59. The molecule has 1 amide bonds. The van der Waals surface area contributed by atoms with E-state index in [9.17, 15) is 4.79 Å². The molecule has 0 unspecified atom stereocenters. The van der Waals surface area contributed by atoms with E-state index in [2.05, 4.69) is 53.7 Å². The van der Waals surface area contributed by atoms with E-state index in [1.165, 1.54) is 5.56 Å². The van der Waals surface area contributed by atoms with Crippen LogP contribution in [0.1, 0.15) is 62.0 Å². The summed E-state index contributed by atoms with van der Waals surface area (Å²) >= 11 is 0. The Hall–Kier alpha value is -2.43. The lowest BCUT2D eigenvalue weighted by molar-refractivity contribution is 0.0947. The van der Waals surface area contributed by atoms with Crippen LogP contribution in [-0.4, -0.2) is 22.6 Å². The molecule has 0 bridgehead atoms. The number of amides is 1. The normalized spacial score (nSPS) is 10.7. The van der Waals surface area contributed by atoms with Crippen molar-refractivity contribution in [1.29, 1.82) is 0 Å². The summed E-state index contributed by atoms with van der Waals surface area (Å²) in [6, 6.07) is 11.7. The van der Waals surface area contributed by atoms with Gasteiger partial charge in [0.15, 0.2) is 11.5 Å². The van der Waals surface area contributed by atoms with E-state index in [4.69, 9.17) is 0 Å². The number of rotatable bonds is 8. The summed E-state index contributed by atoms with van der Waals surface area (Å²) in [4.78, 5) is 11.9. The van der Waals surface area contributed by atoms with Crippen molar-refractivity contribution in [3.63, 3.8) is 0 Å². The van der Waals surface area contributed by atoms with E-state index in [0.29, 0.717) is 24.0 Å². The van der Waals surface area contributed by atoms with Crippen LogP contribution in [0, 0.1) is 0 Å². The van der Waals surface area contributed by atoms with Crippen LogP contribution in [-0.2, 0) is 0 Å². The third-order valence-corrected chi connectivity index (χ3v) is 3.81. The zero-order chi connectivity index (χ0) is 17.4. The minimum atomic E-state index is -0.175. The lowest BCUT2D eigenvalue weighted by Crippen LogP contribution is -2.25. The minimum absolute atomic E-state index is 0.175. The van der Waals surface area contributed by atoms with Gasteiger partial charge in [-0.15, -0.1) is 10.2 Å². The van der Waals surface area contributed by atoms with Crippen LogP contribution < -0.4 is 10.6 Å². The number of anilines is 2. The van der Waals surface area contributed by atoms with E-state index < -0.39 is 0 Å². The van der Waals surface area contributed by atoms with Crippen LogP contribution in [0.15, 0.2) is 36.4 Å². The first kappa shape index (κ1) is 17.9. The summed E-state index contributed by atoms with van der Waals surface area (Å²) in [5, 5.41) is 14.1. The molecule has 0 atom stereocenters. The first-order chi connectivity index (χ1) is 11.6. The monoisotopic (exact) mass is 326 g/mol. The summed E-state index contributed by atoms with van der Waals surface area (Å²) in [5.41, 5.74) is 2.58. The molecule has 0 aliphatic heterocycles. The van der Waals surface area contributed by atoms with Crippen LogP contribution >= 0.6 is 0 Å². The van der Waals surface area contributed by atoms with Crippen molar-refractivity contribution in [1.82, 2.24) is 15.5 Å². The molecule has 2 aromatic rings. The lowest BCUT2D eigenvalue weighted by Gasteiger charge is -2.09. The van der Waals surface area contributed by atoms with Crippen LogP contribution in [0.25, 0.3) is 0 Å². The number of hydrogen-bond acceptors (Lipinski definition) is 4. The Balaban J connectivity index is 1.90. The van der Waals surface area contributed by atoms with Crippen LogP contribution in [0.2, 0.25) is 0 Å². The number of hydrogen-bond donors (Lipinski definition) is 2. The number of unbranched alkanes of at least 4 members (excludes halogenated alkanes) is 2. The van der Waals surface area contributed by atoms with Crippen molar-refractivity contribution in [3.8, 4) is 0 Å². The largest absolute Gasteiger partial charge is 0.351 e. The highest BCUT2D eigenvalue weighted by atomic mass is 16.1. The fourth-order valence-electron chi connectivity index (χ4n) is 2.29. The van der Waals surface area contributed by atoms with Gasteiger partial charge in [0.05, 0.1) is 0 Å². The summed E-state index contributed by atoms with van der Waals surface area (Å²) < 4.78 is 0. The molecule has 5 heteroatoms. The summed E-state index contributed by atoms with van der Waals surface area (Å²) in [7, 11) is 0. The van der Waals surface area contributed by atoms with Crippen molar-refractivity contribution in [2.24, 2.45) is 0 Å². The maximum Gasteiger partial charge on any atom is 0.271 e. The Morgan fingerprint density at radius 1 is 1.04 bits per heavy atom. The SMILES string of the molecule is CCCCCNC(=O)c1ccc(Nc2ccc(C(C)C)cc2)nn1. The second kappa shape index (κ2) is 9.01. The first-order valence-electron chi connectivity index (χ1n) is 8.59. The van der Waals surface area contributed by atoms with Gasteiger partial charge in [0.25, 0.3) is 5.91 Å². The predicted molar refractivity (Wildman–Crippen MR) is 97.7 cm³/mol. The standard InChI is InChI=1S/C19H26N4O/c1-4-5-6-13-20-19(24)17-11-12-18(23-22-17)21-16-9-7-15(8-10-16)14(2)3/h7-12,14H,4-6,13H2,1-3H3,(H,20,24)(H,21,23). The van der Waals surface area contributed by atoms with Gasteiger partial charge in [-0.2, -0.15) is 0 Å². The second-order valence-corrected chi connectivity index (χ2v) is 6.17. The van der Waals surface area contributed by atoms with Gasteiger partial charge < -0.3 is 10.6 Å². The van der Waals surface area contributed by atoms with Crippen molar-refractivity contribution < 1.29 is 4.79 Å². The molecular weight excluding hydrogens is 300 g/mol. The average Bonchev–Trinajstić information content (AvgIpc) is 2.59. The van der Waals surface area contributed by atoms with Crippen LogP contribution in [0.5, 0.6) is 0 Å². The summed E-state index contributed by atoms with van der Waals surface area (Å²) in [5.74, 6) is 0.954. The smallest absolute Gasteiger partial charge is 0.271 e. The quantitative estimate of drug-likeness (QED) is 0.711. The molecule has 2 rings (SSSR count). The number of carbonyl (C=O) groups excluding carboxylic acids is 1. The highest BCUT2D eigenvalue weighted by Crippen LogP contribution is 2.19. The van der Waals surface area contributed by atoms with E-state index in [0.717, 1.165) is 24.9 Å². The average molecular weight is 326 g/mol. The van der Waals surface area contributed by atoms with E-state index in [1.54, 1.807) is 12.1 Å². The third kappa shape index (κ3) is 5.33. The Bertz CT molecular complexity index is 635. The fraction of sp³-hybridized carbons (Fsp3) is 0.421. The van der Waals surface area contributed by atoms with Gasteiger partial charge in [0, 0.05) is 12.2 Å². The highest BCUT2D eigenvalue weighted by molar-refractivity contribution is 5.92. The zero-order valence-corrected chi connectivity index (χ0v) is 14.7. The molecule has 5 nitrogen and oxygen atoms in total. The van der Waals surface area contributed by atoms with Crippen molar-refractivity contribution in [3.05, 3.63) is 47.7 Å². The minimum Gasteiger partial charge on any atom is -0.351 e. The molecule has 0 saturated carbocycles. The topological polar surface area (TPSA) is 66.9 Å². The molecule has 128 valence electrons. The van der Waals surface area contributed by atoms with Crippen molar-refractivity contribution in [2.45, 2.75) is 46.0 Å². The molecule has 1 heterocycles. The molecule has 0 aliphatic carbocycles. The molecule has 0 aliphatic rings. The number of nitrogens with one attached hydrogen (secondary N) is 2. The predicted octanol–water partition coefficient (Wildman–Crippen LogP) is 4.26. The van der Waals surface area contributed by atoms with Gasteiger partial charge in [-0.25, -0.2) is 0 Å². The molecule has 0 saturated heterocycles. The Morgan fingerprint density at radius 2 is 1.79 bits per heavy atom. The molecule has 0 radical (unpaired) electrons. The van der Waals surface area contributed by atoms with E-state index in [1.807, 2.05) is 12.1 Å². The molecule has 24 heavy (non-hydrogen) atoms. The molecule has 1 aromatic carbocycles. The lowest BCUT2D eigenvalue weighted by atomic mass is 10.0. The van der Waals surface area contributed by atoms with Crippen LogP contribution in [0.4, 0.5) is 11.5 Å². The summed E-state index contributed by atoms with van der Waals surface area (Å²) in [6.45, 7) is 7.14. The fourth-order valence-corrected chi connectivity index (χ4v) is 2.29. The maximum absolute atomic E-state index is 11.9. The van der Waals surface area contributed by atoms with E-state index >= 15 is 0 Å². The molecule has 2 N–H and O–H groups in total. The Labute approximate surface area is 143 Å². The van der Waals surface area contributed by atoms with Gasteiger partial charge in [0.2, 0.25) is 0 Å². The molecule has 0 spiro atoms. The van der Waals surface area contributed by atoms with Gasteiger partial charge in [0.1, 0.15) is 0 Å². The second-order valence-electron chi connectivity index (χ2n) is 6.17. The van der Waals surface area contributed by atoms with Gasteiger partial charge in [-0.05, 0) is 42.2 Å². The third-order valence-electron chi connectivity index (χ3n) is 3.81.